The molecule has 0 amide bonds. The van der Waals surface area contributed by atoms with Crippen LogP contribution in [-0.4, -0.2) is 41.2 Å². The number of esters is 1. The largest absolute Gasteiger partial charge is 0.426 e. The zero-order valence-electron chi connectivity index (χ0n) is 9.24. The van der Waals surface area contributed by atoms with Crippen LogP contribution in [0.25, 0.3) is 0 Å². The summed E-state index contributed by atoms with van der Waals surface area (Å²) in [6, 6.07) is 0. The normalized spacial score (nSPS) is 14.1. The van der Waals surface area contributed by atoms with Gasteiger partial charge in [0.1, 0.15) is 6.10 Å². The van der Waals surface area contributed by atoms with E-state index in [1.54, 1.807) is 6.92 Å². The summed E-state index contributed by atoms with van der Waals surface area (Å²) in [7, 11) is 0. The van der Waals surface area contributed by atoms with E-state index in [4.69, 9.17) is 5.11 Å². The van der Waals surface area contributed by atoms with Gasteiger partial charge in [0.05, 0.1) is 6.61 Å². The van der Waals surface area contributed by atoms with E-state index in [1.165, 1.54) is 6.08 Å². The maximum atomic E-state index is 11.0. The summed E-state index contributed by atoms with van der Waals surface area (Å²) in [6.45, 7) is 3.95. The van der Waals surface area contributed by atoms with Crippen LogP contribution in [-0.2, 0) is 24.1 Å². The van der Waals surface area contributed by atoms with Crippen LogP contribution in [0.2, 0.25) is 0 Å². The Kier molecular flexibility index (Phi) is 7.61. The minimum atomic E-state index is -1.62. The first-order valence-electron chi connectivity index (χ1n) is 4.67. The molecule has 0 aliphatic heterocycles. The highest BCUT2D eigenvalue weighted by Crippen LogP contribution is 2.04. The van der Waals surface area contributed by atoms with E-state index in [0.717, 1.165) is 12.2 Å². The number of aliphatic hydroxyl groups is 2. The van der Waals surface area contributed by atoms with Gasteiger partial charge in [0.15, 0.2) is 0 Å². The first-order chi connectivity index (χ1) is 8.04. The van der Waals surface area contributed by atoms with E-state index < -0.39 is 30.9 Å². The molecule has 2 atom stereocenters. The Balaban J connectivity index is 4.38. The number of allylic oxidation sites excluding steroid dienone is 1. The minimum Gasteiger partial charge on any atom is -0.426 e. The van der Waals surface area contributed by atoms with Gasteiger partial charge in [-0.1, -0.05) is 12.7 Å². The molecule has 0 saturated carbocycles. The number of hydrogen-bond donors (Lipinski definition) is 2. The highest BCUT2D eigenvalue weighted by Gasteiger charge is 2.25. The molecule has 0 aromatic carbocycles. The van der Waals surface area contributed by atoms with Crippen LogP contribution < -0.4 is 0 Å². The summed E-state index contributed by atoms with van der Waals surface area (Å²) >= 11 is 0. The predicted molar refractivity (Wildman–Crippen MR) is 55.2 cm³/mol. The van der Waals surface area contributed by atoms with Crippen LogP contribution in [0.5, 0.6) is 0 Å². The molecule has 96 valence electrons. The number of carbonyl (C=O) groups is 2. The molecule has 0 aromatic heterocycles. The fourth-order valence-corrected chi connectivity index (χ4v) is 0.667. The molecule has 7 nitrogen and oxygen atoms in total. The van der Waals surface area contributed by atoms with Gasteiger partial charge in [-0.2, -0.15) is 0 Å². The van der Waals surface area contributed by atoms with Crippen molar-refractivity contribution in [1.29, 1.82) is 0 Å². The summed E-state index contributed by atoms with van der Waals surface area (Å²) in [4.78, 5) is 30.2. The van der Waals surface area contributed by atoms with E-state index in [9.17, 15) is 14.7 Å². The number of carbonyl (C=O) groups excluding carboxylic acids is 2. The first kappa shape index (κ1) is 15.3. The molecule has 0 aliphatic carbocycles. The molecule has 0 saturated heterocycles. The smallest absolute Gasteiger partial charge is 0.365 e. The number of rotatable bonds is 7. The maximum absolute atomic E-state index is 11.0. The first-order valence-corrected chi connectivity index (χ1v) is 4.67. The molecule has 2 unspecified atom stereocenters. The van der Waals surface area contributed by atoms with Crippen LogP contribution in [0.4, 0.5) is 0 Å². The molecule has 2 N–H and O–H groups in total. The Hall–Kier alpha value is -1.70. The van der Waals surface area contributed by atoms with Gasteiger partial charge in [-0.25, -0.2) is 9.59 Å². The van der Waals surface area contributed by atoms with Crippen LogP contribution >= 0.6 is 0 Å². The Morgan fingerprint density at radius 3 is 2.53 bits per heavy atom. The van der Waals surface area contributed by atoms with E-state index in [2.05, 4.69) is 21.1 Å². The average Bonchev–Trinajstić information content (AvgIpc) is 2.33. The summed E-state index contributed by atoms with van der Waals surface area (Å²) in [5, 5.41) is 17.9. The lowest BCUT2D eigenvalue weighted by Crippen LogP contribution is -2.36. The SMILES string of the molecule is C=CC(=O)OOC(OC(=O)C=CC)C(O)CO. The zero-order chi connectivity index (χ0) is 13.3. The van der Waals surface area contributed by atoms with Crippen LogP contribution in [0.1, 0.15) is 6.92 Å². The summed E-state index contributed by atoms with van der Waals surface area (Å²) < 4.78 is 4.57. The predicted octanol–water partition coefficient (Wildman–Crippen LogP) is -0.554. The number of ether oxygens (including phenoxy) is 1. The molecule has 0 aromatic rings. The lowest BCUT2D eigenvalue weighted by atomic mass is 10.4. The van der Waals surface area contributed by atoms with Crippen molar-refractivity contribution in [3.8, 4) is 0 Å². The van der Waals surface area contributed by atoms with E-state index >= 15 is 0 Å². The monoisotopic (exact) mass is 246 g/mol. The van der Waals surface area contributed by atoms with Gasteiger partial charge in [0, 0.05) is 12.2 Å². The van der Waals surface area contributed by atoms with Crippen LogP contribution in [0, 0.1) is 0 Å². The van der Waals surface area contributed by atoms with E-state index in [0.29, 0.717) is 0 Å². The third kappa shape index (κ3) is 6.46. The Labute approximate surface area is 97.8 Å². The topological polar surface area (TPSA) is 102 Å². The molecule has 0 fully saturated rings. The van der Waals surface area contributed by atoms with Crippen molar-refractivity contribution in [3.05, 3.63) is 24.8 Å². The second-order valence-electron chi connectivity index (χ2n) is 2.76. The lowest BCUT2D eigenvalue weighted by molar-refractivity contribution is -0.359. The molecule has 7 heteroatoms. The maximum Gasteiger partial charge on any atom is 0.365 e. The number of hydrogen-bond acceptors (Lipinski definition) is 7. The van der Waals surface area contributed by atoms with Crippen molar-refractivity contribution >= 4 is 11.9 Å². The van der Waals surface area contributed by atoms with Gasteiger partial charge in [-0.15, -0.1) is 4.89 Å². The van der Waals surface area contributed by atoms with Gasteiger partial charge in [0.25, 0.3) is 6.29 Å². The summed E-state index contributed by atoms with van der Waals surface area (Å²) in [6.07, 6.45) is 0.126. The average molecular weight is 246 g/mol. The van der Waals surface area contributed by atoms with Gasteiger partial charge in [-0.05, 0) is 6.92 Å². The van der Waals surface area contributed by atoms with Crippen molar-refractivity contribution in [2.45, 2.75) is 19.3 Å². The third-order valence-corrected chi connectivity index (χ3v) is 1.43. The molecule has 0 bridgehead atoms. The standard InChI is InChI=1S/C10H14O7/c1-3-5-9(14)15-10(7(12)6-11)17-16-8(13)4-2/h3-5,7,10-12H,2,6H2,1H3. The van der Waals surface area contributed by atoms with Gasteiger partial charge < -0.3 is 14.9 Å². The molecule has 0 rings (SSSR count). The second kappa shape index (κ2) is 8.45. The van der Waals surface area contributed by atoms with Crippen LogP contribution in [0.3, 0.4) is 0 Å². The zero-order valence-corrected chi connectivity index (χ0v) is 9.24. The highest BCUT2D eigenvalue weighted by molar-refractivity contribution is 5.82. The van der Waals surface area contributed by atoms with E-state index in [1.807, 2.05) is 0 Å². The van der Waals surface area contributed by atoms with Crippen molar-refractivity contribution < 1.29 is 34.3 Å². The molecule has 0 radical (unpaired) electrons. The van der Waals surface area contributed by atoms with Crippen molar-refractivity contribution in [1.82, 2.24) is 0 Å². The molecule has 0 aliphatic rings. The summed E-state index contributed by atoms with van der Waals surface area (Å²) in [5.41, 5.74) is 0. The van der Waals surface area contributed by atoms with Gasteiger partial charge in [-0.3, -0.25) is 4.89 Å². The molecule has 17 heavy (non-hydrogen) atoms. The fraction of sp³-hybridized carbons (Fsp3) is 0.400. The molecular weight excluding hydrogens is 232 g/mol. The van der Waals surface area contributed by atoms with Gasteiger partial charge >= 0.3 is 11.9 Å². The molecule has 0 heterocycles. The molecular formula is C10H14O7. The van der Waals surface area contributed by atoms with Gasteiger partial charge in [0.2, 0.25) is 0 Å². The van der Waals surface area contributed by atoms with E-state index in [-0.39, 0.29) is 0 Å². The Morgan fingerprint density at radius 1 is 1.41 bits per heavy atom. The highest BCUT2D eigenvalue weighted by atomic mass is 17.2. The summed E-state index contributed by atoms with van der Waals surface area (Å²) in [5.74, 6) is -1.75. The van der Waals surface area contributed by atoms with Crippen LogP contribution in [0.15, 0.2) is 24.8 Å². The Bertz CT molecular complexity index is 297. The molecule has 0 spiro atoms. The quantitative estimate of drug-likeness (QED) is 0.204. The van der Waals surface area contributed by atoms with Crippen molar-refractivity contribution in [2.24, 2.45) is 0 Å². The number of aliphatic hydroxyl groups excluding tert-OH is 2. The minimum absolute atomic E-state index is 0.737. The Morgan fingerprint density at radius 2 is 2.06 bits per heavy atom. The van der Waals surface area contributed by atoms with Crippen molar-refractivity contribution in [3.63, 3.8) is 0 Å². The second-order valence-corrected chi connectivity index (χ2v) is 2.76. The van der Waals surface area contributed by atoms with Crippen molar-refractivity contribution in [2.75, 3.05) is 6.61 Å². The lowest BCUT2D eigenvalue weighted by Gasteiger charge is -2.18. The third-order valence-electron chi connectivity index (χ3n) is 1.43. The fourth-order valence-electron chi connectivity index (χ4n) is 0.667.